The average Bonchev–Trinajstić information content (AvgIpc) is 1.58. The van der Waals surface area contributed by atoms with Gasteiger partial charge in [-0.05, 0) is 99.5 Å². The zero-order chi connectivity index (χ0) is 87.4. The predicted molar refractivity (Wildman–Crippen MR) is 425 cm³/mol. The number of rotatable bonds is 26. The predicted octanol–water partition coefficient (Wildman–Crippen LogP) is 10.6. The van der Waals surface area contributed by atoms with E-state index in [1.54, 1.807) is 57.8 Å². The standard InChI is InChI=1S/C26H29F3N6O4.C23H22ClF3N6O4.C22H22F3N5O2.C4H7O.C2H2Cl2O2.Na.H2O/c1-4-8-20(36)39-16-35-21-23(33(6-3)25(38)34(11-5-2)24(21)37)31-22(35)18-13-30-32(15-18)14-17-9-7-10-19(12-17)26(27,28)29;1-3-8-32-20(34)17-19(31(4-2)21(32)35)29-18(33(17)22(36)37-13-24)15-10-28-30(12-15)11-14-6-5-7-16(9-14)23(25,26)27;1-3-8-30-20(31)17-10-18(27-19(17)29(4-2)21(30)32)15-11-26-28(13-15)12-14-6-5-7-16(9-14)22(23,24)25;1-2-3-4-5;3-1-6-2(4)5;;/h7,9-10,12-13,15H,4-6,8,11,14,16H2,1-3H3;5-7,9-10,12H,3-4,8,11,13H2,1-2H3;5-7,9,11,13H,3-4,8,10,12H2,1-2H3;2-3H2,1H3;1H2;;1H2/q;;;-1;;+1;/p-1. The molecule has 1 N–H and O–H groups in total. The van der Waals surface area contributed by atoms with Crippen LogP contribution in [-0.4, -0.2) is 123 Å². The minimum Gasteiger partial charge on any atom is -0.870 e. The Morgan fingerprint density at radius 1 is 0.496 bits per heavy atom. The molecule has 0 aliphatic carbocycles. The van der Waals surface area contributed by atoms with Gasteiger partial charge in [0, 0.05) is 87.9 Å². The largest absolute Gasteiger partial charge is 1.00 e. The second-order valence-electron chi connectivity index (χ2n) is 26.1. The molecular formula is C77H83Cl3F9N17NaO14-. The first-order valence-electron chi connectivity index (χ1n) is 37.2. The number of fused-ring (bicyclic) bond motifs is 3. The number of aliphatic imine (C=N–C) groups is 1. The van der Waals surface area contributed by atoms with E-state index in [0.29, 0.717) is 90.1 Å². The van der Waals surface area contributed by atoms with E-state index in [2.05, 4.69) is 46.6 Å². The van der Waals surface area contributed by atoms with Gasteiger partial charge in [0.25, 0.3) is 16.7 Å². The summed E-state index contributed by atoms with van der Waals surface area (Å²) in [5.74, 6) is 0.115. The van der Waals surface area contributed by atoms with Crippen molar-refractivity contribution in [2.75, 3.05) is 12.1 Å². The van der Waals surface area contributed by atoms with Crippen LogP contribution < -0.4 is 63.3 Å². The number of nitrogens with zero attached hydrogens (tertiary/aromatic N) is 17. The van der Waals surface area contributed by atoms with Crippen LogP contribution in [0.25, 0.3) is 45.1 Å². The van der Waals surface area contributed by atoms with Crippen LogP contribution in [0.1, 0.15) is 145 Å². The van der Waals surface area contributed by atoms with Gasteiger partial charge in [0.1, 0.15) is 11.6 Å². The maximum Gasteiger partial charge on any atom is 1.00 e. The van der Waals surface area contributed by atoms with E-state index in [1.165, 1.54) is 79.7 Å². The summed E-state index contributed by atoms with van der Waals surface area (Å²) in [6.07, 6.45) is 0.771. The first kappa shape index (κ1) is 99.0. The van der Waals surface area contributed by atoms with Gasteiger partial charge in [-0.25, -0.2) is 43.5 Å². The average molecular weight is 1770 g/mol. The zero-order valence-electron chi connectivity index (χ0n) is 66.9. The van der Waals surface area contributed by atoms with Crippen molar-refractivity contribution >= 4 is 92.4 Å². The fourth-order valence-electron chi connectivity index (χ4n) is 12.4. The Morgan fingerprint density at radius 3 is 1.29 bits per heavy atom. The Balaban J connectivity index is 0.000000263. The molecule has 0 fully saturated rings. The number of ether oxygens (including phenoxy) is 3. The Hall–Kier alpha value is -10.8. The summed E-state index contributed by atoms with van der Waals surface area (Å²) in [6.45, 7) is 16.0. The van der Waals surface area contributed by atoms with Crippen molar-refractivity contribution in [3.8, 4) is 22.8 Å². The van der Waals surface area contributed by atoms with Crippen LogP contribution in [0.2, 0.25) is 0 Å². The Labute approximate surface area is 719 Å². The summed E-state index contributed by atoms with van der Waals surface area (Å²) in [6, 6.07) is 14.2. The van der Waals surface area contributed by atoms with Gasteiger partial charge in [-0.1, -0.05) is 101 Å². The molecule has 0 amide bonds. The van der Waals surface area contributed by atoms with Crippen molar-refractivity contribution in [1.82, 2.24) is 75.8 Å². The topological polar surface area (TPSA) is 359 Å². The summed E-state index contributed by atoms with van der Waals surface area (Å²) >= 11 is 15.1. The Morgan fingerprint density at radius 2 is 0.901 bits per heavy atom. The fraction of sp³-hybridized carbons (Fsp3) is 0.403. The number of aryl methyl sites for hydroxylation is 2. The molecule has 121 heavy (non-hydrogen) atoms. The number of hydrogen-bond acceptors (Lipinski definition) is 20. The van der Waals surface area contributed by atoms with E-state index < -0.39 is 81.3 Å². The smallest absolute Gasteiger partial charge is 0.870 e. The minimum absolute atomic E-state index is 0. The van der Waals surface area contributed by atoms with Gasteiger partial charge in [0.05, 0.1) is 77.3 Å². The quantitative estimate of drug-likeness (QED) is 0.00924. The van der Waals surface area contributed by atoms with Gasteiger partial charge < -0.3 is 24.5 Å². The number of halogens is 12. The molecule has 1 aliphatic heterocycles. The van der Waals surface area contributed by atoms with Crippen LogP contribution in [0.4, 0.5) is 54.9 Å². The normalized spacial score (nSPS) is 11.7. The maximum absolute atomic E-state index is 13.4. The molecule has 31 nitrogen and oxygen atoms in total. The number of esters is 1. The van der Waals surface area contributed by atoms with Crippen LogP contribution in [-0.2, 0) is 114 Å². The summed E-state index contributed by atoms with van der Waals surface area (Å²) < 4.78 is 146. The molecule has 646 valence electrons. The number of aromatic nitrogens is 16. The molecule has 0 saturated heterocycles. The van der Waals surface area contributed by atoms with E-state index in [-0.39, 0.29) is 157 Å². The summed E-state index contributed by atoms with van der Waals surface area (Å²) in [4.78, 5) is 136. The van der Waals surface area contributed by atoms with Gasteiger partial charge in [0.2, 0.25) is 0 Å². The second-order valence-corrected chi connectivity index (χ2v) is 26.9. The molecule has 0 bridgehead atoms. The van der Waals surface area contributed by atoms with E-state index in [1.807, 2.05) is 34.6 Å². The molecule has 3 aromatic carbocycles. The SMILES string of the molecule is CCCC(=O)OCn1c(-c2cnn(Cc3cccc(C(F)(F)F)c3)c2)nc2c1c(=O)n(CCC)c(=O)n2CC.CCC[C-]=O.CCCn1c(=O)c2c(n(CC)c1=O)N=C(c1cnn(Cc3cccc(C(F)(F)F)c3)c1)C2.CCCn1c(=O)c2c(nc(-c3cnn(Cc4cccc(C(F)(F)F)c4)c3)n2C(=O)OCCl)n(CC)c1=O.O=C(Cl)OCCl.[Na+].[OH-]. The molecule has 0 unspecified atom stereocenters. The van der Waals surface area contributed by atoms with Crippen molar-refractivity contribution in [2.45, 2.75) is 191 Å². The number of alkyl halides is 11. The third kappa shape index (κ3) is 24.3. The van der Waals surface area contributed by atoms with Crippen LogP contribution in [0.5, 0.6) is 0 Å². The second kappa shape index (κ2) is 44.7. The number of carbonyl (C=O) groups excluding carboxylic acids is 4. The van der Waals surface area contributed by atoms with Gasteiger partial charge in [0.15, 0.2) is 47.0 Å². The van der Waals surface area contributed by atoms with Crippen molar-refractivity contribution in [3.63, 3.8) is 0 Å². The monoisotopic (exact) mass is 1770 g/mol. The molecule has 8 aromatic heterocycles. The summed E-state index contributed by atoms with van der Waals surface area (Å²) in [7, 11) is 0. The molecular weight excluding hydrogens is 1690 g/mol. The minimum atomic E-state index is -4.49. The first-order chi connectivity index (χ1) is 56.6. The van der Waals surface area contributed by atoms with Crippen molar-refractivity contribution in [3.05, 3.63) is 217 Å². The zero-order valence-corrected chi connectivity index (χ0v) is 71.2. The molecule has 11 aromatic rings. The van der Waals surface area contributed by atoms with Crippen LogP contribution in [0, 0.1) is 0 Å². The number of hydrogen-bond donors (Lipinski definition) is 0. The molecule has 0 saturated carbocycles. The van der Waals surface area contributed by atoms with Gasteiger partial charge in [-0.3, -0.25) is 71.5 Å². The van der Waals surface area contributed by atoms with Crippen molar-refractivity contribution < 1.29 is 108 Å². The molecule has 0 atom stereocenters. The molecule has 44 heteroatoms. The summed E-state index contributed by atoms with van der Waals surface area (Å²) in [5, 5.41) is 12.7. The summed E-state index contributed by atoms with van der Waals surface area (Å²) in [5.41, 5.74) is -2.44. The van der Waals surface area contributed by atoms with Gasteiger partial charge in [-0.15, -0.1) is 0 Å². The van der Waals surface area contributed by atoms with Crippen LogP contribution in [0.15, 0.2) is 144 Å². The van der Waals surface area contributed by atoms with E-state index in [9.17, 15) is 87.5 Å². The van der Waals surface area contributed by atoms with Gasteiger partial charge >= 0.3 is 82.6 Å². The molecule has 0 spiro atoms. The van der Waals surface area contributed by atoms with Crippen LogP contribution in [0.3, 0.4) is 0 Å². The fourth-order valence-corrected chi connectivity index (χ4v) is 12.7. The van der Waals surface area contributed by atoms with E-state index in [4.69, 9.17) is 32.7 Å². The van der Waals surface area contributed by atoms with E-state index in [0.717, 1.165) is 56.5 Å². The van der Waals surface area contributed by atoms with Crippen LogP contribution >= 0.6 is 34.8 Å². The number of unbranched alkanes of at least 4 members (excludes halogenated alkanes) is 1. The molecule has 12 rings (SSSR count). The Kier molecular flexibility index (Phi) is 36.6. The van der Waals surface area contributed by atoms with Crippen molar-refractivity contribution in [1.29, 1.82) is 0 Å². The molecule has 1 aliphatic rings. The third-order valence-corrected chi connectivity index (χ3v) is 18.1. The first-order valence-corrected chi connectivity index (χ1v) is 38.7. The Bertz CT molecular complexity index is 5870. The third-order valence-electron chi connectivity index (χ3n) is 17.7. The molecule has 0 radical (unpaired) electrons. The molecule has 9 heterocycles. The maximum atomic E-state index is 13.4. The number of carbonyl (C=O) groups is 3. The number of benzene rings is 3. The number of imidazole rings is 2. The van der Waals surface area contributed by atoms with E-state index >= 15 is 0 Å². The van der Waals surface area contributed by atoms with Crippen molar-refractivity contribution in [2.24, 2.45) is 4.99 Å². The van der Waals surface area contributed by atoms with Gasteiger partial charge in [-0.2, -0.15) is 61.2 Å².